The Morgan fingerprint density at radius 1 is 1.17 bits per heavy atom. The minimum atomic E-state index is -0.501. The SMILES string of the molecule is CN1C(=O)C(=C2SC(=O)NC2=O)c2ccccc21. The molecule has 3 rings (SSSR count). The lowest BCUT2D eigenvalue weighted by molar-refractivity contribution is -0.116. The summed E-state index contributed by atoms with van der Waals surface area (Å²) in [6.07, 6.45) is 0. The minimum Gasteiger partial charge on any atom is -0.311 e. The highest BCUT2D eigenvalue weighted by Gasteiger charge is 2.38. The van der Waals surface area contributed by atoms with Crippen LogP contribution in [0.25, 0.3) is 5.57 Å². The summed E-state index contributed by atoms with van der Waals surface area (Å²) in [5.41, 5.74) is 1.75. The second-order valence-corrected chi connectivity index (χ2v) is 4.91. The van der Waals surface area contributed by atoms with Gasteiger partial charge in [-0.05, 0) is 17.8 Å². The summed E-state index contributed by atoms with van der Waals surface area (Å²) in [7, 11) is 1.65. The zero-order valence-electron chi connectivity index (χ0n) is 9.39. The maximum absolute atomic E-state index is 12.2. The van der Waals surface area contributed by atoms with Gasteiger partial charge in [-0.1, -0.05) is 18.2 Å². The topological polar surface area (TPSA) is 66.5 Å². The van der Waals surface area contributed by atoms with E-state index in [-0.39, 0.29) is 10.8 Å². The van der Waals surface area contributed by atoms with Crippen LogP contribution in [0, 0.1) is 0 Å². The number of thioether (sulfide) groups is 1. The fraction of sp³-hybridized carbons (Fsp3) is 0.0833. The number of rotatable bonds is 0. The Kier molecular flexibility index (Phi) is 2.27. The monoisotopic (exact) mass is 260 g/mol. The summed E-state index contributed by atoms with van der Waals surface area (Å²) in [4.78, 5) is 36.7. The first kappa shape index (κ1) is 11.0. The molecule has 1 fully saturated rings. The second kappa shape index (κ2) is 3.71. The van der Waals surface area contributed by atoms with Crippen LogP contribution in [0.4, 0.5) is 10.5 Å². The van der Waals surface area contributed by atoms with Crippen molar-refractivity contribution < 1.29 is 14.4 Å². The average molecular weight is 260 g/mol. The molecule has 0 atom stereocenters. The van der Waals surface area contributed by atoms with E-state index in [9.17, 15) is 14.4 Å². The average Bonchev–Trinajstić information content (AvgIpc) is 2.79. The third-order valence-corrected chi connectivity index (χ3v) is 3.78. The maximum atomic E-state index is 12.2. The fourth-order valence-electron chi connectivity index (χ4n) is 2.07. The summed E-state index contributed by atoms with van der Waals surface area (Å²) in [6.45, 7) is 0. The van der Waals surface area contributed by atoms with E-state index in [2.05, 4.69) is 5.32 Å². The van der Waals surface area contributed by atoms with E-state index in [4.69, 9.17) is 0 Å². The molecule has 90 valence electrons. The molecule has 1 saturated heterocycles. The van der Waals surface area contributed by atoms with Crippen LogP contribution in [0.3, 0.4) is 0 Å². The van der Waals surface area contributed by atoms with Crippen molar-refractivity contribution in [3.05, 3.63) is 34.7 Å². The number of nitrogens with one attached hydrogen (secondary N) is 1. The molecular weight excluding hydrogens is 252 g/mol. The zero-order chi connectivity index (χ0) is 12.9. The smallest absolute Gasteiger partial charge is 0.290 e. The number of likely N-dealkylation sites (N-methyl/N-ethyl adjacent to an activating group) is 1. The highest BCUT2D eigenvalue weighted by atomic mass is 32.2. The van der Waals surface area contributed by atoms with E-state index in [0.29, 0.717) is 11.1 Å². The van der Waals surface area contributed by atoms with Crippen molar-refractivity contribution in [2.75, 3.05) is 11.9 Å². The van der Waals surface area contributed by atoms with Crippen molar-refractivity contribution in [3.63, 3.8) is 0 Å². The molecule has 0 aromatic heterocycles. The third-order valence-electron chi connectivity index (χ3n) is 2.90. The summed E-state index contributed by atoms with van der Waals surface area (Å²) < 4.78 is 0. The van der Waals surface area contributed by atoms with E-state index < -0.39 is 11.1 Å². The molecule has 0 saturated carbocycles. The van der Waals surface area contributed by atoms with Gasteiger partial charge in [0.1, 0.15) is 0 Å². The Bertz CT molecular complexity index is 636. The van der Waals surface area contributed by atoms with Crippen LogP contribution in [0.1, 0.15) is 5.56 Å². The Morgan fingerprint density at radius 2 is 1.89 bits per heavy atom. The second-order valence-electron chi connectivity index (χ2n) is 3.93. The van der Waals surface area contributed by atoms with Gasteiger partial charge in [0.15, 0.2) is 0 Å². The number of imide groups is 1. The molecule has 2 aliphatic rings. The molecule has 6 heteroatoms. The Hall–Kier alpha value is -2.08. The van der Waals surface area contributed by atoms with Crippen molar-refractivity contribution in [2.24, 2.45) is 0 Å². The molecule has 0 bridgehead atoms. The number of anilines is 1. The van der Waals surface area contributed by atoms with Gasteiger partial charge in [-0.3, -0.25) is 19.7 Å². The van der Waals surface area contributed by atoms with E-state index in [1.54, 1.807) is 25.2 Å². The van der Waals surface area contributed by atoms with Crippen molar-refractivity contribution in [2.45, 2.75) is 0 Å². The molecule has 1 aromatic rings. The van der Waals surface area contributed by atoms with Gasteiger partial charge in [0.25, 0.3) is 17.1 Å². The van der Waals surface area contributed by atoms with Crippen LogP contribution in [0.15, 0.2) is 29.2 Å². The van der Waals surface area contributed by atoms with Gasteiger partial charge >= 0.3 is 0 Å². The van der Waals surface area contributed by atoms with Crippen molar-refractivity contribution in [1.82, 2.24) is 5.32 Å². The summed E-state index contributed by atoms with van der Waals surface area (Å²) in [6, 6.07) is 7.20. The number of nitrogens with zero attached hydrogens (tertiary/aromatic N) is 1. The normalized spacial score (nSPS) is 22.5. The van der Waals surface area contributed by atoms with Crippen LogP contribution < -0.4 is 10.2 Å². The Morgan fingerprint density at radius 3 is 2.56 bits per heavy atom. The van der Waals surface area contributed by atoms with E-state index in [1.807, 2.05) is 6.07 Å². The Balaban J connectivity index is 2.25. The minimum absolute atomic E-state index is 0.182. The number of fused-ring (bicyclic) bond motifs is 1. The van der Waals surface area contributed by atoms with Gasteiger partial charge in [0, 0.05) is 12.6 Å². The zero-order valence-corrected chi connectivity index (χ0v) is 10.2. The largest absolute Gasteiger partial charge is 0.311 e. The predicted molar refractivity (Wildman–Crippen MR) is 67.9 cm³/mol. The highest BCUT2D eigenvalue weighted by Crippen LogP contribution is 2.41. The number of benzene rings is 1. The number of para-hydroxylation sites is 1. The van der Waals surface area contributed by atoms with Gasteiger partial charge < -0.3 is 4.90 Å². The number of carbonyl (C=O) groups is 3. The molecule has 0 spiro atoms. The van der Waals surface area contributed by atoms with Crippen LogP contribution in [-0.2, 0) is 9.59 Å². The van der Waals surface area contributed by atoms with Crippen LogP contribution in [0.2, 0.25) is 0 Å². The summed E-state index contributed by atoms with van der Waals surface area (Å²) in [5.74, 6) is -0.762. The van der Waals surface area contributed by atoms with Gasteiger partial charge in [-0.15, -0.1) is 0 Å². The van der Waals surface area contributed by atoms with Gasteiger partial charge in [0.2, 0.25) is 0 Å². The van der Waals surface area contributed by atoms with Crippen LogP contribution in [0.5, 0.6) is 0 Å². The maximum Gasteiger partial charge on any atom is 0.290 e. The van der Waals surface area contributed by atoms with Gasteiger partial charge in [-0.2, -0.15) is 0 Å². The summed E-state index contributed by atoms with van der Waals surface area (Å²) in [5, 5.41) is 1.72. The molecular formula is C12H8N2O3S. The first-order valence-electron chi connectivity index (χ1n) is 5.24. The highest BCUT2D eigenvalue weighted by molar-refractivity contribution is 8.18. The van der Waals surface area contributed by atoms with E-state index >= 15 is 0 Å². The number of amides is 3. The molecule has 18 heavy (non-hydrogen) atoms. The quantitative estimate of drug-likeness (QED) is 0.715. The van der Waals surface area contributed by atoms with Crippen LogP contribution >= 0.6 is 11.8 Å². The summed E-state index contributed by atoms with van der Waals surface area (Å²) >= 11 is 0.773. The molecule has 1 aromatic carbocycles. The van der Waals surface area contributed by atoms with Crippen molar-refractivity contribution in [1.29, 1.82) is 0 Å². The van der Waals surface area contributed by atoms with E-state index in [0.717, 1.165) is 17.4 Å². The molecule has 2 heterocycles. The molecule has 0 unspecified atom stereocenters. The lowest BCUT2D eigenvalue weighted by Gasteiger charge is -2.08. The third kappa shape index (κ3) is 1.39. The number of hydrogen-bond acceptors (Lipinski definition) is 4. The van der Waals surface area contributed by atoms with E-state index in [1.165, 1.54) is 4.90 Å². The number of carbonyl (C=O) groups excluding carboxylic acids is 3. The van der Waals surface area contributed by atoms with Crippen LogP contribution in [-0.4, -0.2) is 24.1 Å². The molecule has 0 aliphatic carbocycles. The first-order chi connectivity index (χ1) is 8.59. The molecule has 3 amide bonds. The lowest BCUT2D eigenvalue weighted by Crippen LogP contribution is -2.22. The Labute approximate surface area is 107 Å². The first-order valence-corrected chi connectivity index (χ1v) is 6.06. The molecule has 0 radical (unpaired) electrons. The van der Waals surface area contributed by atoms with Gasteiger partial charge in [-0.25, -0.2) is 0 Å². The molecule has 2 aliphatic heterocycles. The standard InChI is InChI=1S/C12H8N2O3S/c1-14-7-5-3-2-4-6(7)8(11(14)16)9-10(15)13-12(17)18-9/h2-5H,1H3,(H,13,15,17). The fourth-order valence-corrected chi connectivity index (χ4v) is 2.84. The molecule has 1 N–H and O–H groups in total. The number of hydrogen-bond donors (Lipinski definition) is 1. The molecule has 5 nitrogen and oxygen atoms in total. The van der Waals surface area contributed by atoms with Crippen molar-refractivity contribution >= 4 is 40.1 Å². The lowest BCUT2D eigenvalue weighted by atomic mass is 10.1. The van der Waals surface area contributed by atoms with Crippen molar-refractivity contribution in [3.8, 4) is 0 Å². The van der Waals surface area contributed by atoms with Gasteiger partial charge in [0.05, 0.1) is 16.2 Å². The predicted octanol–water partition coefficient (Wildman–Crippen LogP) is 1.36.